The molecule has 1 aliphatic carbocycles. The predicted molar refractivity (Wildman–Crippen MR) is 75.7 cm³/mol. The quantitative estimate of drug-likeness (QED) is 0.834. The zero-order valence-corrected chi connectivity index (χ0v) is 12.3. The number of nitrogens with zero attached hydrogens (tertiary/aromatic N) is 2. The van der Waals surface area contributed by atoms with Crippen LogP contribution >= 0.6 is 0 Å². The second kappa shape index (κ2) is 6.36. The SMILES string of the molecule is CCC1CCC(O)C(N2CCC(N(C)C)CC2)C1. The van der Waals surface area contributed by atoms with Gasteiger partial charge in [-0.25, -0.2) is 0 Å². The van der Waals surface area contributed by atoms with Crippen LogP contribution in [0.5, 0.6) is 0 Å². The van der Waals surface area contributed by atoms with Crippen LogP contribution in [-0.2, 0) is 0 Å². The average molecular weight is 254 g/mol. The van der Waals surface area contributed by atoms with E-state index in [9.17, 15) is 5.11 Å². The Bertz CT molecular complexity index is 249. The van der Waals surface area contributed by atoms with E-state index in [0.717, 1.165) is 18.4 Å². The topological polar surface area (TPSA) is 26.7 Å². The van der Waals surface area contributed by atoms with Crippen LogP contribution in [0.3, 0.4) is 0 Å². The van der Waals surface area contributed by atoms with Crippen molar-refractivity contribution in [3.05, 3.63) is 0 Å². The van der Waals surface area contributed by atoms with Crippen LogP contribution in [0.15, 0.2) is 0 Å². The number of hydrogen-bond donors (Lipinski definition) is 1. The average Bonchev–Trinajstić information content (AvgIpc) is 2.39. The summed E-state index contributed by atoms with van der Waals surface area (Å²) in [6, 6.07) is 1.18. The Balaban J connectivity index is 1.87. The maximum absolute atomic E-state index is 10.3. The lowest BCUT2D eigenvalue weighted by molar-refractivity contribution is -0.0139. The summed E-state index contributed by atoms with van der Waals surface area (Å²) >= 11 is 0. The van der Waals surface area contributed by atoms with Crippen LogP contribution in [0.4, 0.5) is 0 Å². The summed E-state index contributed by atoms with van der Waals surface area (Å²) in [5, 5.41) is 10.3. The minimum absolute atomic E-state index is 0.0799. The fraction of sp³-hybridized carbons (Fsp3) is 1.00. The molecule has 1 N–H and O–H groups in total. The van der Waals surface area contributed by atoms with Gasteiger partial charge in [0, 0.05) is 25.2 Å². The molecule has 0 bridgehead atoms. The van der Waals surface area contributed by atoms with E-state index >= 15 is 0 Å². The van der Waals surface area contributed by atoms with Crippen LogP contribution < -0.4 is 0 Å². The lowest BCUT2D eigenvalue weighted by atomic mass is 9.81. The van der Waals surface area contributed by atoms with Gasteiger partial charge in [0.25, 0.3) is 0 Å². The summed E-state index contributed by atoms with van der Waals surface area (Å²) in [5.41, 5.74) is 0. The van der Waals surface area contributed by atoms with Crippen molar-refractivity contribution in [2.45, 2.75) is 63.6 Å². The molecule has 2 fully saturated rings. The molecule has 0 aromatic carbocycles. The van der Waals surface area contributed by atoms with Crippen molar-refractivity contribution in [3.8, 4) is 0 Å². The van der Waals surface area contributed by atoms with Crippen LogP contribution in [-0.4, -0.2) is 60.3 Å². The Hall–Kier alpha value is -0.120. The Morgan fingerprint density at radius 3 is 2.33 bits per heavy atom. The molecule has 0 amide bonds. The van der Waals surface area contributed by atoms with Gasteiger partial charge in [-0.15, -0.1) is 0 Å². The minimum Gasteiger partial charge on any atom is -0.391 e. The van der Waals surface area contributed by atoms with Crippen LogP contribution in [0.2, 0.25) is 0 Å². The zero-order valence-electron chi connectivity index (χ0n) is 12.3. The van der Waals surface area contributed by atoms with Gasteiger partial charge < -0.3 is 10.0 Å². The van der Waals surface area contributed by atoms with E-state index < -0.39 is 0 Å². The first kappa shape index (κ1) is 14.3. The molecule has 3 atom stereocenters. The van der Waals surface area contributed by atoms with Crippen molar-refractivity contribution in [3.63, 3.8) is 0 Å². The Morgan fingerprint density at radius 2 is 1.78 bits per heavy atom. The van der Waals surface area contributed by atoms with Gasteiger partial charge in [0.15, 0.2) is 0 Å². The molecule has 0 radical (unpaired) electrons. The minimum atomic E-state index is -0.0799. The van der Waals surface area contributed by atoms with Gasteiger partial charge in [0.2, 0.25) is 0 Å². The van der Waals surface area contributed by atoms with Gasteiger partial charge in [-0.3, -0.25) is 4.90 Å². The fourth-order valence-electron chi connectivity index (χ4n) is 3.71. The van der Waals surface area contributed by atoms with E-state index in [4.69, 9.17) is 0 Å². The van der Waals surface area contributed by atoms with Gasteiger partial charge >= 0.3 is 0 Å². The number of aliphatic hydroxyl groups excluding tert-OH is 1. The first-order valence-electron chi connectivity index (χ1n) is 7.70. The molecule has 1 heterocycles. The first-order valence-corrected chi connectivity index (χ1v) is 7.70. The van der Waals surface area contributed by atoms with E-state index in [1.165, 1.54) is 45.2 Å². The van der Waals surface area contributed by atoms with Crippen molar-refractivity contribution in [2.24, 2.45) is 5.92 Å². The summed E-state index contributed by atoms with van der Waals surface area (Å²) in [5.74, 6) is 0.838. The Kier molecular flexibility index (Phi) is 5.05. The Labute approximate surface area is 112 Å². The largest absolute Gasteiger partial charge is 0.391 e. The molecule has 2 rings (SSSR count). The Morgan fingerprint density at radius 1 is 1.11 bits per heavy atom. The summed E-state index contributed by atoms with van der Waals surface area (Å²) < 4.78 is 0. The number of rotatable bonds is 3. The van der Waals surface area contributed by atoms with Crippen LogP contribution in [0.1, 0.15) is 45.4 Å². The highest BCUT2D eigenvalue weighted by Crippen LogP contribution is 2.31. The zero-order chi connectivity index (χ0) is 13.1. The lowest BCUT2D eigenvalue weighted by Crippen LogP contribution is -2.52. The smallest absolute Gasteiger partial charge is 0.0695 e. The molecule has 1 saturated carbocycles. The number of aliphatic hydroxyl groups is 1. The molecule has 18 heavy (non-hydrogen) atoms. The molecule has 0 spiro atoms. The van der Waals surface area contributed by atoms with Gasteiger partial charge in [-0.05, 0) is 52.1 Å². The normalized spacial score (nSPS) is 36.2. The maximum Gasteiger partial charge on any atom is 0.0695 e. The molecular weight excluding hydrogens is 224 g/mol. The van der Waals surface area contributed by atoms with Crippen molar-refractivity contribution in [1.29, 1.82) is 0 Å². The lowest BCUT2D eigenvalue weighted by Gasteiger charge is -2.44. The number of piperidine rings is 1. The molecule has 0 aromatic rings. The van der Waals surface area contributed by atoms with Crippen molar-refractivity contribution in [1.82, 2.24) is 9.80 Å². The molecule has 3 heteroatoms. The monoisotopic (exact) mass is 254 g/mol. The van der Waals surface area contributed by atoms with E-state index in [1.807, 2.05) is 0 Å². The molecular formula is C15H30N2O. The predicted octanol–water partition coefficient (Wildman–Crippen LogP) is 1.95. The summed E-state index contributed by atoms with van der Waals surface area (Å²) in [4.78, 5) is 4.91. The second-order valence-corrected chi connectivity index (χ2v) is 6.45. The van der Waals surface area contributed by atoms with Crippen molar-refractivity contribution >= 4 is 0 Å². The maximum atomic E-state index is 10.3. The van der Waals surface area contributed by atoms with Crippen molar-refractivity contribution in [2.75, 3.05) is 27.2 Å². The molecule has 1 saturated heterocycles. The first-order chi connectivity index (χ1) is 8.61. The summed E-state index contributed by atoms with van der Waals surface area (Å²) in [7, 11) is 4.37. The van der Waals surface area contributed by atoms with E-state index in [2.05, 4.69) is 30.8 Å². The molecule has 3 unspecified atom stereocenters. The highest BCUT2D eigenvalue weighted by molar-refractivity contribution is 4.89. The van der Waals surface area contributed by atoms with Crippen LogP contribution in [0.25, 0.3) is 0 Å². The van der Waals surface area contributed by atoms with E-state index in [-0.39, 0.29) is 6.10 Å². The molecule has 106 valence electrons. The van der Waals surface area contributed by atoms with E-state index in [1.54, 1.807) is 0 Å². The molecule has 3 nitrogen and oxygen atoms in total. The van der Waals surface area contributed by atoms with Crippen LogP contribution in [0, 0.1) is 5.92 Å². The standard InChI is InChI=1S/C15H30N2O/c1-4-12-5-6-15(18)14(11-12)17-9-7-13(8-10-17)16(2)3/h12-15,18H,4-11H2,1-3H3. The number of likely N-dealkylation sites (tertiary alicyclic amines) is 1. The molecule has 2 aliphatic rings. The third-order valence-corrected chi connectivity index (χ3v) is 5.17. The summed E-state index contributed by atoms with van der Waals surface area (Å²) in [6.07, 6.45) is 7.16. The molecule has 0 aromatic heterocycles. The van der Waals surface area contributed by atoms with Gasteiger partial charge in [0.05, 0.1) is 6.10 Å². The van der Waals surface area contributed by atoms with E-state index in [0.29, 0.717) is 6.04 Å². The molecule has 1 aliphatic heterocycles. The highest BCUT2D eigenvalue weighted by atomic mass is 16.3. The second-order valence-electron chi connectivity index (χ2n) is 6.45. The summed E-state index contributed by atoms with van der Waals surface area (Å²) in [6.45, 7) is 4.62. The third kappa shape index (κ3) is 3.25. The van der Waals surface area contributed by atoms with Gasteiger partial charge in [-0.1, -0.05) is 13.3 Å². The highest BCUT2D eigenvalue weighted by Gasteiger charge is 2.34. The van der Waals surface area contributed by atoms with Gasteiger partial charge in [-0.2, -0.15) is 0 Å². The number of hydrogen-bond acceptors (Lipinski definition) is 3. The van der Waals surface area contributed by atoms with Crippen molar-refractivity contribution < 1.29 is 5.11 Å². The fourth-order valence-corrected chi connectivity index (χ4v) is 3.71. The van der Waals surface area contributed by atoms with Gasteiger partial charge in [0.1, 0.15) is 0 Å². The third-order valence-electron chi connectivity index (χ3n) is 5.17.